The van der Waals surface area contributed by atoms with Crippen LogP contribution in [0.2, 0.25) is 0 Å². The summed E-state index contributed by atoms with van der Waals surface area (Å²) in [6, 6.07) is 0.254. The van der Waals surface area contributed by atoms with Gasteiger partial charge in [0.25, 0.3) is 0 Å². The average molecular weight is 254 g/mol. The maximum Gasteiger partial charge on any atom is 0.323 e. The minimum atomic E-state index is -0.00603. The van der Waals surface area contributed by atoms with E-state index in [2.05, 4.69) is 46.5 Å². The first-order valence-corrected chi connectivity index (χ1v) is 5.93. The van der Waals surface area contributed by atoms with Gasteiger partial charge in [-0.15, -0.1) is 0 Å². The topological polar surface area (TPSA) is 98.0 Å². The van der Waals surface area contributed by atoms with E-state index >= 15 is 0 Å². The Hall–Kier alpha value is -1.63. The molecule has 0 saturated heterocycles. The number of nitrogens with zero attached hydrogens (tertiary/aromatic N) is 3. The molecule has 0 aliphatic rings. The molecule has 1 aromatic rings. The lowest BCUT2D eigenvalue weighted by molar-refractivity contribution is 0.222. The normalized spacial score (nSPS) is 11.5. The molecule has 1 rings (SSSR count). The van der Waals surface area contributed by atoms with E-state index in [-0.39, 0.29) is 23.5 Å². The zero-order valence-electron chi connectivity index (χ0n) is 11.6. The Morgan fingerprint density at radius 1 is 1.17 bits per heavy atom. The zero-order valence-corrected chi connectivity index (χ0v) is 11.6. The zero-order chi connectivity index (χ0) is 13.8. The molecule has 0 saturated carbocycles. The Kier molecular flexibility index (Phi) is 4.66. The number of hydrazine groups is 1. The summed E-state index contributed by atoms with van der Waals surface area (Å²) >= 11 is 0. The highest BCUT2D eigenvalue weighted by atomic mass is 16.5. The van der Waals surface area contributed by atoms with Crippen LogP contribution in [0.5, 0.6) is 6.01 Å². The third kappa shape index (κ3) is 5.13. The van der Waals surface area contributed by atoms with Crippen LogP contribution < -0.4 is 21.3 Å². The molecule has 1 aromatic heterocycles. The van der Waals surface area contributed by atoms with Crippen molar-refractivity contribution < 1.29 is 4.74 Å². The minimum Gasteiger partial charge on any atom is -0.461 e. The summed E-state index contributed by atoms with van der Waals surface area (Å²) in [5.41, 5.74) is 2.52. The molecule has 0 unspecified atom stereocenters. The fraction of sp³-hybridized carbons (Fsp3) is 0.727. The molecule has 0 aliphatic heterocycles. The van der Waals surface area contributed by atoms with Gasteiger partial charge in [-0.1, -0.05) is 20.8 Å². The smallest absolute Gasteiger partial charge is 0.323 e. The van der Waals surface area contributed by atoms with E-state index in [1.807, 2.05) is 13.8 Å². The average Bonchev–Trinajstić information content (AvgIpc) is 2.24. The second-order valence-corrected chi connectivity index (χ2v) is 5.49. The van der Waals surface area contributed by atoms with E-state index in [1.54, 1.807) is 0 Å². The maximum atomic E-state index is 5.43. The van der Waals surface area contributed by atoms with Crippen LogP contribution in [0.15, 0.2) is 0 Å². The Bertz CT molecular complexity index is 388. The van der Waals surface area contributed by atoms with Gasteiger partial charge >= 0.3 is 6.01 Å². The van der Waals surface area contributed by atoms with Gasteiger partial charge in [0.1, 0.15) is 0 Å². The van der Waals surface area contributed by atoms with Crippen molar-refractivity contribution in [1.29, 1.82) is 0 Å². The summed E-state index contributed by atoms with van der Waals surface area (Å²) in [5.74, 6) is 6.04. The van der Waals surface area contributed by atoms with Crippen molar-refractivity contribution in [3.8, 4) is 6.01 Å². The van der Waals surface area contributed by atoms with E-state index < -0.39 is 0 Å². The van der Waals surface area contributed by atoms with Gasteiger partial charge in [0, 0.05) is 6.54 Å². The molecule has 0 amide bonds. The van der Waals surface area contributed by atoms with Crippen LogP contribution in [-0.4, -0.2) is 27.6 Å². The highest BCUT2D eigenvalue weighted by Crippen LogP contribution is 2.16. The van der Waals surface area contributed by atoms with E-state index in [0.717, 1.165) is 6.54 Å². The number of hydrogen-bond donors (Lipinski definition) is 3. The second kappa shape index (κ2) is 5.81. The molecule has 7 heteroatoms. The molecule has 0 radical (unpaired) electrons. The fourth-order valence-electron chi connectivity index (χ4n) is 1.11. The molecule has 0 bridgehead atoms. The lowest BCUT2D eigenvalue weighted by Crippen LogP contribution is -2.22. The Balaban J connectivity index is 2.83. The molecule has 0 atom stereocenters. The third-order valence-electron chi connectivity index (χ3n) is 1.86. The van der Waals surface area contributed by atoms with Gasteiger partial charge < -0.3 is 10.1 Å². The number of rotatable bonds is 5. The molecule has 0 aromatic carbocycles. The molecule has 102 valence electrons. The van der Waals surface area contributed by atoms with Crippen molar-refractivity contribution >= 4 is 11.9 Å². The fourth-order valence-corrected chi connectivity index (χ4v) is 1.11. The van der Waals surface area contributed by atoms with Gasteiger partial charge in [0.2, 0.25) is 11.9 Å². The summed E-state index contributed by atoms with van der Waals surface area (Å²) in [4.78, 5) is 12.3. The molecule has 0 aliphatic carbocycles. The van der Waals surface area contributed by atoms with Crippen LogP contribution in [-0.2, 0) is 0 Å². The standard InChI is InChI=1S/C11H22N6O/c1-7(2)18-10-15-8(13-6-11(3,4)5)14-9(16-10)17-12/h7H,6,12H2,1-5H3,(H2,13,14,15,16,17). The monoisotopic (exact) mass is 254 g/mol. The molecular formula is C11H22N6O. The first-order valence-electron chi connectivity index (χ1n) is 5.93. The van der Waals surface area contributed by atoms with Crippen molar-refractivity contribution in [1.82, 2.24) is 15.0 Å². The van der Waals surface area contributed by atoms with Crippen LogP contribution in [0.3, 0.4) is 0 Å². The predicted molar refractivity (Wildman–Crippen MR) is 71.3 cm³/mol. The van der Waals surface area contributed by atoms with E-state index in [1.165, 1.54) is 0 Å². The quantitative estimate of drug-likeness (QED) is 0.539. The Morgan fingerprint density at radius 2 is 1.78 bits per heavy atom. The number of nitrogens with two attached hydrogens (primary N) is 1. The van der Waals surface area contributed by atoms with Crippen molar-refractivity contribution in [3.63, 3.8) is 0 Å². The van der Waals surface area contributed by atoms with E-state index in [0.29, 0.717) is 5.95 Å². The Labute approximate surface area is 108 Å². The largest absolute Gasteiger partial charge is 0.461 e. The van der Waals surface area contributed by atoms with E-state index in [4.69, 9.17) is 10.6 Å². The highest BCUT2D eigenvalue weighted by molar-refractivity contribution is 5.35. The third-order valence-corrected chi connectivity index (χ3v) is 1.86. The summed E-state index contributed by atoms with van der Waals surface area (Å²) in [6.07, 6.45) is -0.00603. The number of nitrogens with one attached hydrogen (secondary N) is 2. The lowest BCUT2D eigenvalue weighted by Gasteiger charge is -2.19. The minimum absolute atomic E-state index is 0.00603. The first-order chi connectivity index (χ1) is 8.30. The van der Waals surface area contributed by atoms with Gasteiger partial charge in [0.05, 0.1) is 6.10 Å². The maximum absolute atomic E-state index is 5.43. The second-order valence-electron chi connectivity index (χ2n) is 5.49. The van der Waals surface area contributed by atoms with Gasteiger partial charge in [-0.25, -0.2) is 5.84 Å². The van der Waals surface area contributed by atoms with Gasteiger partial charge in [-0.2, -0.15) is 15.0 Å². The highest BCUT2D eigenvalue weighted by Gasteiger charge is 2.13. The van der Waals surface area contributed by atoms with Crippen LogP contribution in [0.25, 0.3) is 0 Å². The number of nitrogen functional groups attached to an aromatic ring is 1. The van der Waals surface area contributed by atoms with Gasteiger partial charge in [0.15, 0.2) is 0 Å². The molecule has 0 fully saturated rings. The van der Waals surface area contributed by atoms with Crippen molar-refractivity contribution in [2.24, 2.45) is 11.3 Å². The van der Waals surface area contributed by atoms with Crippen LogP contribution in [0.1, 0.15) is 34.6 Å². The van der Waals surface area contributed by atoms with Crippen LogP contribution in [0.4, 0.5) is 11.9 Å². The Morgan fingerprint density at radius 3 is 2.28 bits per heavy atom. The lowest BCUT2D eigenvalue weighted by atomic mass is 9.97. The first kappa shape index (κ1) is 14.4. The van der Waals surface area contributed by atoms with Crippen LogP contribution in [0, 0.1) is 5.41 Å². The van der Waals surface area contributed by atoms with E-state index in [9.17, 15) is 0 Å². The summed E-state index contributed by atoms with van der Waals surface area (Å²) < 4.78 is 5.43. The number of ether oxygens (including phenoxy) is 1. The number of aromatic nitrogens is 3. The molecule has 0 spiro atoms. The molecular weight excluding hydrogens is 232 g/mol. The molecule has 7 nitrogen and oxygen atoms in total. The molecule has 1 heterocycles. The summed E-state index contributed by atoms with van der Waals surface area (Å²) in [7, 11) is 0. The summed E-state index contributed by atoms with van der Waals surface area (Å²) in [6.45, 7) is 10.9. The van der Waals surface area contributed by atoms with Crippen molar-refractivity contribution in [2.45, 2.75) is 40.7 Å². The van der Waals surface area contributed by atoms with Crippen molar-refractivity contribution in [2.75, 3.05) is 17.3 Å². The van der Waals surface area contributed by atoms with Gasteiger partial charge in [-0.3, -0.25) is 5.43 Å². The van der Waals surface area contributed by atoms with Crippen LogP contribution >= 0.6 is 0 Å². The number of hydrogen-bond acceptors (Lipinski definition) is 7. The molecule has 18 heavy (non-hydrogen) atoms. The summed E-state index contributed by atoms with van der Waals surface area (Å²) in [5, 5.41) is 3.14. The van der Waals surface area contributed by atoms with Gasteiger partial charge in [-0.05, 0) is 19.3 Å². The SMILES string of the molecule is CC(C)Oc1nc(NN)nc(NCC(C)(C)C)n1. The molecule has 4 N–H and O–H groups in total. The number of anilines is 2. The predicted octanol–water partition coefficient (Wildman–Crippen LogP) is 1.40. The van der Waals surface area contributed by atoms with Crippen molar-refractivity contribution in [3.05, 3.63) is 0 Å².